The summed E-state index contributed by atoms with van der Waals surface area (Å²) in [6, 6.07) is 3.97. The molecular formula is C11H17NO. The van der Waals surface area contributed by atoms with E-state index in [-0.39, 0.29) is 6.10 Å². The second-order valence-electron chi connectivity index (χ2n) is 3.71. The molecule has 0 aliphatic rings. The summed E-state index contributed by atoms with van der Waals surface area (Å²) in [5, 5.41) is 9.57. The van der Waals surface area contributed by atoms with Gasteiger partial charge in [0.15, 0.2) is 0 Å². The third-order valence-electron chi connectivity index (χ3n) is 2.22. The summed E-state index contributed by atoms with van der Waals surface area (Å²) in [7, 11) is 0. The number of aromatic nitrogens is 1. The van der Waals surface area contributed by atoms with Gasteiger partial charge in [0.2, 0.25) is 0 Å². The Morgan fingerprint density at radius 1 is 1.46 bits per heavy atom. The van der Waals surface area contributed by atoms with Gasteiger partial charge >= 0.3 is 0 Å². The van der Waals surface area contributed by atoms with E-state index in [1.807, 2.05) is 32.2 Å². The number of rotatable bonds is 4. The third-order valence-corrected chi connectivity index (χ3v) is 2.22. The van der Waals surface area contributed by atoms with Crippen molar-refractivity contribution >= 4 is 0 Å². The topological polar surface area (TPSA) is 33.1 Å². The number of nitrogens with zero attached hydrogens (tertiary/aromatic N) is 1. The maximum atomic E-state index is 9.57. The van der Waals surface area contributed by atoms with Crippen LogP contribution in [0.5, 0.6) is 0 Å². The summed E-state index contributed by atoms with van der Waals surface area (Å²) in [6.07, 6.45) is 5.16. The Morgan fingerprint density at radius 2 is 2.23 bits per heavy atom. The van der Waals surface area contributed by atoms with E-state index >= 15 is 0 Å². The summed E-state index contributed by atoms with van der Waals surface area (Å²) in [5.41, 5.74) is 1.20. The van der Waals surface area contributed by atoms with Gasteiger partial charge in [-0.2, -0.15) is 0 Å². The molecule has 0 saturated heterocycles. The Kier molecular flexibility index (Phi) is 3.90. The normalized spacial score (nSPS) is 13.2. The van der Waals surface area contributed by atoms with Crippen molar-refractivity contribution in [3.05, 3.63) is 30.1 Å². The van der Waals surface area contributed by atoms with Crippen molar-refractivity contribution in [1.82, 2.24) is 4.98 Å². The van der Waals surface area contributed by atoms with Crippen molar-refractivity contribution in [2.24, 2.45) is 5.92 Å². The Labute approximate surface area is 79.6 Å². The molecule has 0 spiro atoms. The molecule has 1 rings (SSSR count). The second kappa shape index (κ2) is 4.97. The molecule has 1 unspecified atom stereocenters. The molecule has 0 radical (unpaired) electrons. The van der Waals surface area contributed by atoms with E-state index in [4.69, 9.17) is 0 Å². The number of hydrogen-bond donors (Lipinski definition) is 1. The Hall–Kier alpha value is -0.890. The van der Waals surface area contributed by atoms with Gasteiger partial charge in [-0.05, 0) is 30.4 Å². The zero-order chi connectivity index (χ0) is 9.68. The van der Waals surface area contributed by atoms with Crippen LogP contribution in [-0.4, -0.2) is 16.2 Å². The van der Waals surface area contributed by atoms with Crippen molar-refractivity contribution in [2.75, 3.05) is 0 Å². The lowest BCUT2D eigenvalue weighted by atomic mass is 10.0. The van der Waals surface area contributed by atoms with Crippen molar-refractivity contribution in [2.45, 2.75) is 32.8 Å². The van der Waals surface area contributed by atoms with Crippen LogP contribution in [0.25, 0.3) is 0 Å². The summed E-state index contributed by atoms with van der Waals surface area (Å²) >= 11 is 0. The first kappa shape index (κ1) is 10.2. The molecule has 0 fully saturated rings. The summed E-state index contributed by atoms with van der Waals surface area (Å²) in [6.45, 7) is 4.07. The van der Waals surface area contributed by atoms with Gasteiger partial charge < -0.3 is 5.11 Å². The third kappa shape index (κ3) is 3.55. The summed E-state index contributed by atoms with van der Waals surface area (Å²) < 4.78 is 0. The predicted octanol–water partition coefficient (Wildman–Crippen LogP) is 2.03. The molecule has 1 N–H and O–H groups in total. The lowest BCUT2D eigenvalue weighted by Gasteiger charge is -2.13. The molecule has 0 aromatic carbocycles. The Morgan fingerprint density at radius 3 is 2.77 bits per heavy atom. The molecule has 1 atom stereocenters. The first-order valence-electron chi connectivity index (χ1n) is 4.77. The van der Waals surface area contributed by atoms with Gasteiger partial charge in [0.1, 0.15) is 0 Å². The van der Waals surface area contributed by atoms with Crippen LogP contribution in [0.3, 0.4) is 0 Å². The van der Waals surface area contributed by atoms with Crippen molar-refractivity contribution in [3.63, 3.8) is 0 Å². The molecule has 2 heteroatoms. The molecule has 1 aromatic heterocycles. The Bertz CT molecular complexity index is 233. The van der Waals surface area contributed by atoms with Gasteiger partial charge in [-0.3, -0.25) is 4.98 Å². The molecule has 1 heterocycles. The highest BCUT2D eigenvalue weighted by atomic mass is 16.3. The molecule has 0 amide bonds. The molecular weight excluding hydrogens is 162 g/mol. The number of hydrogen-bond acceptors (Lipinski definition) is 2. The maximum Gasteiger partial charge on any atom is 0.0566 e. The number of aliphatic hydroxyl groups is 1. The van der Waals surface area contributed by atoms with Crippen LogP contribution in [0.2, 0.25) is 0 Å². The van der Waals surface area contributed by atoms with E-state index in [1.54, 1.807) is 6.20 Å². The fraction of sp³-hybridized carbons (Fsp3) is 0.545. The van der Waals surface area contributed by atoms with Gasteiger partial charge in [0.05, 0.1) is 6.10 Å². The smallest absolute Gasteiger partial charge is 0.0566 e. The van der Waals surface area contributed by atoms with Crippen LogP contribution >= 0.6 is 0 Å². The molecule has 0 aliphatic carbocycles. The minimum absolute atomic E-state index is 0.194. The Balaban J connectivity index is 2.35. The highest BCUT2D eigenvalue weighted by Crippen LogP contribution is 2.09. The monoisotopic (exact) mass is 179 g/mol. The van der Waals surface area contributed by atoms with Crippen LogP contribution in [0.1, 0.15) is 25.8 Å². The first-order chi connectivity index (χ1) is 6.20. The van der Waals surface area contributed by atoms with Gasteiger partial charge in [-0.15, -0.1) is 0 Å². The summed E-state index contributed by atoms with van der Waals surface area (Å²) in [4.78, 5) is 4.03. The van der Waals surface area contributed by atoms with Crippen LogP contribution in [0.15, 0.2) is 24.5 Å². The fourth-order valence-electron chi connectivity index (χ4n) is 1.19. The zero-order valence-corrected chi connectivity index (χ0v) is 8.27. The highest BCUT2D eigenvalue weighted by Gasteiger charge is 2.08. The lowest BCUT2D eigenvalue weighted by Crippen LogP contribution is -2.15. The number of aryl methyl sites for hydroxylation is 1. The highest BCUT2D eigenvalue weighted by molar-refractivity contribution is 5.08. The minimum Gasteiger partial charge on any atom is -0.393 e. The molecule has 13 heavy (non-hydrogen) atoms. The van der Waals surface area contributed by atoms with E-state index in [0.29, 0.717) is 5.92 Å². The van der Waals surface area contributed by atoms with Crippen molar-refractivity contribution in [3.8, 4) is 0 Å². The van der Waals surface area contributed by atoms with Crippen molar-refractivity contribution in [1.29, 1.82) is 0 Å². The molecule has 1 aromatic rings. The quantitative estimate of drug-likeness (QED) is 0.767. The average Bonchev–Trinajstić information content (AvgIpc) is 2.15. The van der Waals surface area contributed by atoms with E-state index in [0.717, 1.165) is 12.8 Å². The maximum absolute atomic E-state index is 9.57. The predicted molar refractivity (Wildman–Crippen MR) is 53.4 cm³/mol. The van der Waals surface area contributed by atoms with Gasteiger partial charge in [-0.25, -0.2) is 0 Å². The van der Waals surface area contributed by atoms with Gasteiger partial charge in [0, 0.05) is 12.4 Å². The largest absolute Gasteiger partial charge is 0.393 e. The summed E-state index contributed by atoms with van der Waals surface area (Å²) in [5.74, 6) is 0.344. The van der Waals surface area contributed by atoms with Gasteiger partial charge in [-0.1, -0.05) is 19.9 Å². The van der Waals surface area contributed by atoms with Crippen LogP contribution < -0.4 is 0 Å². The van der Waals surface area contributed by atoms with Crippen molar-refractivity contribution < 1.29 is 5.11 Å². The van der Waals surface area contributed by atoms with E-state index in [9.17, 15) is 5.11 Å². The molecule has 0 aliphatic heterocycles. The van der Waals surface area contributed by atoms with Gasteiger partial charge in [0.25, 0.3) is 0 Å². The lowest BCUT2D eigenvalue weighted by molar-refractivity contribution is 0.116. The SMILES string of the molecule is CC(C)C(O)CCc1cccnc1. The molecule has 0 bridgehead atoms. The van der Waals surface area contributed by atoms with Crippen LogP contribution in [0, 0.1) is 5.92 Å². The first-order valence-corrected chi connectivity index (χ1v) is 4.77. The van der Waals surface area contributed by atoms with E-state index in [2.05, 4.69) is 4.98 Å². The van der Waals surface area contributed by atoms with Crippen LogP contribution in [0.4, 0.5) is 0 Å². The standard InChI is InChI=1S/C11H17NO/c1-9(2)11(13)6-5-10-4-3-7-12-8-10/h3-4,7-9,11,13H,5-6H2,1-2H3. The minimum atomic E-state index is -0.194. The second-order valence-corrected chi connectivity index (χ2v) is 3.71. The fourth-order valence-corrected chi connectivity index (χ4v) is 1.19. The van der Waals surface area contributed by atoms with E-state index in [1.165, 1.54) is 5.56 Å². The zero-order valence-electron chi connectivity index (χ0n) is 8.27. The number of aliphatic hydroxyl groups excluding tert-OH is 1. The molecule has 0 saturated carbocycles. The molecule has 2 nitrogen and oxygen atoms in total. The van der Waals surface area contributed by atoms with E-state index < -0.39 is 0 Å². The number of pyridine rings is 1. The average molecular weight is 179 g/mol. The van der Waals surface area contributed by atoms with Crippen LogP contribution in [-0.2, 0) is 6.42 Å². The molecule has 72 valence electrons.